The molecule has 3 amide bonds. The quantitative estimate of drug-likeness (QED) is 0.434. The van der Waals surface area contributed by atoms with Gasteiger partial charge in [-0.05, 0) is 74.7 Å². The topological polar surface area (TPSA) is 52.7 Å². The summed E-state index contributed by atoms with van der Waals surface area (Å²) in [6, 6.07) is 10.5. The van der Waals surface area contributed by atoms with E-state index in [-0.39, 0.29) is 23.7 Å². The molecule has 2 aliphatic rings. The van der Waals surface area contributed by atoms with Crippen molar-refractivity contribution >= 4 is 52.5 Å². The number of amides is 3. The Morgan fingerprint density at radius 2 is 1.78 bits per heavy atom. The van der Waals surface area contributed by atoms with Crippen LogP contribution >= 0.6 is 23.2 Å². The SMILES string of the molecule is CCN1c2cc(Cl)c(/C=C3/NC(=O)N(Cc4ccc(Cl)cc4)C3=O)cc2C(C)=CC1(C)C. The highest BCUT2D eigenvalue weighted by Crippen LogP contribution is 2.41. The van der Waals surface area contributed by atoms with Crippen LogP contribution < -0.4 is 10.2 Å². The Morgan fingerprint density at radius 3 is 2.44 bits per heavy atom. The minimum atomic E-state index is -0.458. The van der Waals surface area contributed by atoms with E-state index in [4.69, 9.17) is 23.2 Å². The molecule has 0 aromatic heterocycles. The molecular formula is C25H25Cl2N3O2. The van der Waals surface area contributed by atoms with Crippen molar-refractivity contribution < 1.29 is 9.59 Å². The maximum atomic E-state index is 12.9. The Kier molecular flexibility index (Phi) is 5.82. The molecule has 32 heavy (non-hydrogen) atoms. The summed E-state index contributed by atoms with van der Waals surface area (Å²) in [5, 5.41) is 3.80. The van der Waals surface area contributed by atoms with E-state index in [9.17, 15) is 9.59 Å². The lowest BCUT2D eigenvalue weighted by molar-refractivity contribution is -0.123. The van der Waals surface area contributed by atoms with Gasteiger partial charge in [0.15, 0.2) is 0 Å². The predicted molar refractivity (Wildman–Crippen MR) is 131 cm³/mol. The zero-order valence-corrected chi connectivity index (χ0v) is 20.0. The average Bonchev–Trinajstić information content (AvgIpc) is 2.98. The number of nitrogens with one attached hydrogen (secondary N) is 1. The molecule has 5 nitrogen and oxygen atoms in total. The molecule has 0 radical (unpaired) electrons. The second-order valence-electron chi connectivity index (χ2n) is 8.62. The molecule has 2 aliphatic heterocycles. The molecule has 0 unspecified atom stereocenters. The Balaban J connectivity index is 1.66. The number of fused-ring (bicyclic) bond motifs is 1. The number of imide groups is 1. The molecule has 0 saturated carbocycles. The van der Waals surface area contributed by atoms with Crippen molar-refractivity contribution in [3.8, 4) is 0 Å². The van der Waals surface area contributed by atoms with E-state index in [1.807, 2.05) is 12.1 Å². The van der Waals surface area contributed by atoms with E-state index in [2.05, 4.69) is 44.0 Å². The van der Waals surface area contributed by atoms with Crippen LogP contribution in [0.3, 0.4) is 0 Å². The minimum absolute atomic E-state index is 0.118. The number of likely N-dealkylation sites (N-methyl/N-ethyl adjacent to an activating group) is 1. The van der Waals surface area contributed by atoms with E-state index < -0.39 is 6.03 Å². The van der Waals surface area contributed by atoms with Crippen LogP contribution in [0.4, 0.5) is 10.5 Å². The summed E-state index contributed by atoms with van der Waals surface area (Å²) in [6.07, 6.45) is 3.88. The normalized spacial score (nSPS) is 18.7. The van der Waals surface area contributed by atoms with Crippen LogP contribution in [0.2, 0.25) is 10.0 Å². The molecule has 0 atom stereocenters. The molecule has 0 aliphatic carbocycles. The van der Waals surface area contributed by atoms with E-state index in [1.54, 1.807) is 30.3 Å². The minimum Gasteiger partial charge on any atom is -0.363 e. The van der Waals surface area contributed by atoms with Crippen molar-refractivity contribution in [2.45, 2.75) is 39.8 Å². The number of hydrogen-bond acceptors (Lipinski definition) is 3. The van der Waals surface area contributed by atoms with Crippen molar-refractivity contribution in [2.75, 3.05) is 11.4 Å². The first kappa shape index (κ1) is 22.4. The molecule has 4 rings (SSSR count). The highest BCUT2D eigenvalue weighted by molar-refractivity contribution is 6.33. The second kappa shape index (κ2) is 8.30. The van der Waals surface area contributed by atoms with Gasteiger partial charge in [0.05, 0.1) is 12.1 Å². The number of carbonyl (C=O) groups excluding carboxylic acids is 2. The first-order chi connectivity index (χ1) is 15.1. The monoisotopic (exact) mass is 469 g/mol. The molecule has 0 bridgehead atoms. The third-order valence-electron chi connectivity index (χ3n) is 5.93. The fourth-order valence-corrected chi connectivity index (χ4v) is 4.78. The first-order valence-electron chi connectivity index (χ1n) is 10.5. The Bertz CT molecular complexity index is 1170. The molecule has 2 aromatic carbocycles. The van der Waals surface area contributed by atoms with Crippen LogP contribution in [0.1, 0.15) is 44.4 Å². The lowest BCUT2D eigenvalue weighted by atomic mass is 9.88. The van der Waals surface area contributed by atoms with Gasteiger partial charge in [0, 0.05) is 27.8 Å². The Morgan fingerprint density at radius 1 is 1.09 bits per heavy atom. The number of benzene rings is 2. The van der Waals surface area contributed by atoms with Crippen LogP contribution in [0.25, 0.3) is 11.6 Å². The summed E-state index contributed by atoms with van der Waals surface area (Å²) in [4.78, 5) is 28.9. The summed E-state index contributed by atoms with van der Waals surface area (Å²) in [5.41, 5.74) is 4.87. The number of urea groups is 1. The van der Waals surface area contributed by atoms with Crippen molar-refractivity contribution in [1.82, 2.24) is 10.2 Å². The summed E-state index contributed by atoms with van der Waals surface area (Å²) >= 11 is 12.5. The van der Waals surface area contributed by atoms with Crippen molar-refractivity contribution in [3.05, 3.63) is 74.9 Å². The second-order valence-corrected chi connectivity index (χ2v) is 9.47. The lowest BCUT2D eigenvalue weighted by Gasteiger charge is -2.43. The summed E-state index contributed by atoms with van der Waals surface area (Å²) < 4.78 is 0. The number of allylic oxidation sites excluding steroid dienone is 1. The van der Waals surface area contributed by atoms with E-state index >= 15 is 0 Å². The van der Waals surface area contributed by atoms with Crippen molar-refractivity contribution in [1.29, 1.82) is 0 Å². The zero-order chi connectivity index (χ0) is 23.2. The van der Waals surface area contributed by atoms with E-state index in [0.717, 1.165) is 28.9 Å². The van der Waals surface area contributed by atoms with Crippen molar-refractivity contribution in [3.63, 3.8) is 0 Å². The van der Waals surface area contributed by atoms with Crippen LogP contribution in [0.15, 0.2) is 48.2 Å². The van der Waals surface area contributed by atoms with Crippen molar-refractivity contribution in [2.24, 2.45) is 0 Å². The van der Waals surface area contributed by atoms with E-state index in [0.29, 0.717) is 15.6 Å². The number of carbonyl (C=O) groups is 2. The highest BCUT2D eigenvalue weighted by atomic mass is 35.5. The maximum Gasteiger partial charge on any atom is 0.329 e. The molecular weight excluding hydrogens is 445 g/mol. The zero-order valence-electron chi connectivity index (χ0n) is 18.5. The summed E-state index contributed by atoms with van der Waals surface area (Å²) in [7, 11) is 0. The van der Waals surface area contributed by atoms with Crippen LogP contribution in [0.5, 0.6) is 0 Å². The maximum absolute atomic E-state index is 12.9. The molecule has 7 heteroatoms. The molecule has 166 valence electrons. The molecule has 1 fully saturated rings. The summed E-state index contributed by atoms with van der Waals surface area (Å²) in [6.45, 7) is 9.55. The van der Waals surface area contributed by atoms with Gasteiger partial charge in [-0.3, -0.25) is 9.69 Å². The summed E-state index contributed by atoms with van der Waals surface area (Å²) in [5.74, 6) is -0.387. The lowest BCUT2D eigenvalue weighted by Crippen LogP contribution is -2.44. The molecule has 1 saturated heterocycles. The smallest absolute Gasteiger partial charge is 0.329 e. The van der Waals surface area contributed by atoms with Gasteiger partial charge in [0.2, 0.25) is 0 Å². The number of anilines is 1. The third-order valence-corrected chi connectivity index (χ3v) is 6.51. The fraction of sp³-hybridized carbons (Fsp3) is 0.280. The number of rotatable bonds is 4. The Hall–Kier alpha value is -2.76. The van der Waals surface area contributed by atoms with Gasteiger partial charge >= 0.3 is 6.03 Å². The number of halogens is 2. The van der Waals surface area contributed by atoms with Crippen LogP contribution in [-0.2, 0) is 11.3 Å². The number of nitrogens with zero attached hydrogens (tertiary/aromatic N) is 2. The predicted octanol–water partition coefficient (Wildman–Crippen LogP) is 6.11. The standard InChI is InChI=1S/C25H25Cl2N3O2/c1-5-30-22-12-20(27)17(10-19(22)15(2)13-25(30,3)4)11-21-23(31)29(24(32)28-21)14-16-6-8-18(26)9-7-16/h6-13H,5,14H2,1-4H3,(H,28,32)/b21-11+. The average molecular weight is 470 g/mol. The van der Waals surface area contributed by atoms with Gasteiger partial charge in [0.25, 0.3) is 5.91 Å². The Labute approximate surface area is 198 Å². The fourth-order valence-electron chi connectivity index (χ4n) is 4.45. The molecule has 2 aromatic rings. The first-order valence-corrected chi connectivity index (χ1v) is 11.3. The van der Waals surface area contributed by atoms with Gasteiger partial charge in [0.1, 0.15) is 5.70 Å². The van der Waals surface area contributed by atoms with Crippen LogP contribution in [-0.4, -0.2) is 28.9 Å². The molecule has 1 N–H and O–H groups in total. The van der Waals surface area contributed by atoms with Crippen LogP contribution in [0, 0.1) is 0 Å². The van der Waals surface area contributed by atoms with Gasteiger partial charge < -0.3 is 10.2 Å². The molecule has 0 spiro atoms. The van der Waals surface area contributed by atoms with Gasteiger partial charge in [-0.2, -0.15) is 0 Å². The molecule has 2 heterocycles. The van der Waals surface area contributed by atoms with Gasteiger partial charge in [-0.1, -0.05) is 41.4 Å². The van der Waals surface area contributed by atoms with E-state index in [1.165, 1.54) is 4.90 Å². The van der Waals surface area contributed by atoms with Gasteiger partial charge in [-0.25, -0.2) is 4.79 Å². The number of hydrogen-bond donors (Lipinski definition) is 1. The highest BCUT2D eigenvalue weighted by Gasteiger charge is 2.34. The largest absolute Gasteiger partial charge is 0.363 e. The van der Waals surface area contributed by atoms with Gasteiger partial charge in [-0.15, -0.1) is 0 Å². The third kappa shape index (κ3) is 4.03.